The third-order valence-corrected chi connectivity index (χ3v) is 5.54. The van der Waals surface area contributed by atoms with Crippen LogP contribution in [0.4, 0.5) is 13.2 Å². The van der Waals surface area contributed by atoms with Crippen molar-refractivity contribution in [2.45, 2.75) is 64.2 Å². The molecule has 8 heteroatoms. The molecule has 0 unspecified atom stereocenters. The lowest BCUT2D eigenvalue weighted by Gasteiger charge is -2.32. The molecule has 1 aromatic rings. The Morgan fingerprint density at radius 1 is 1.19 bits per heavy atom. The molecule has 2 aliphatic heterocycles. The minimum absolute atomic E-state index is 0.0455. The van der Waals surface area contributed by atoms with Gasteiger partial charge in [-0.2, -0.15) is 13.2 Å². The van der Waals surface area contributed by atoms with Crippen LogP contribution in [0.2, 0.25) is 0 Å². The summed E-state index contributed by atoms with van der Waals surface area (Å²) in [6.45, 7) is 5.75. The van der Waals surface area contributed by atoms with E-state index >= 15 is 0 Å². The molecule has 1 aromatic heterocycles. The average molecular weight is 372 g/mol. The van der Waals surface area contributed by atoms with E-state index in [-0.39, 0.29) is 18.7 Å². The van der Waals surface area contributed by atoms with E-state index in [1.807, 2.05) is 6.92 Å². The van der Waals surface area contributed by atoms with Gasteiger partial charge in [0.15, 0.2) is 0 Å². The van der Waals surface area contributed by atoms with Crippen LogP contribution < -0.4 is 0 Å². The van der Waals surface area contributed by atoms with E-state index in [1.54, 1.807) is 4.90 Å². The topological polar surface area (TPSA) is 41.4 Å². The second kappa shape index (κ2) is 7.58. The molecule has 1 fully saturated rings. The van der Waals surface area contributed by atoms with Crippen molar-refractivity contribution in [2.24, 2.45) is 0 Å². The summed E-state index contributed by atoms with van der Waals surface area (Å²) >= 11 is 0. The van der Waals surface area contributed by atoms with Gasteiger partial charge in [-0.15, -0.1) is 0 Å². The second-order valence-corrected chi connectivity index (χ2v) is 7.50. The van der Waals surface area contributed by atoms with Crippen LogP contribution in [-0.2, 0) is 17.9 Å². The van der Waals surface area contributed by atoms with Crippen molar-refractivity contribution in [3.05, 3.63) is 17.2 Å². The molecule has 0 bridgehead atoms. The van der Waals surface area contributed by atoms with Gasteiger partial charge in [0.2, 0.25) is 5.91 Å². The SMILES string of the molecule is Cc1nc(C2CCN(C)CC2)c2n1CCN(C(=O)CCCC(F)(F)F)C2. The number of hydrogen-bond donors (Lipinski definition) is 0. The molecular formula is C18H27F3N4O. The van der Waals surface area contributed by atoms with Crippen LogP contribution in [0.5, 0.6) is 0 Å². The third kappa shape index (κ3) is 4.39. The molecule has 3 rings (SSSR count). The summed E-state index contributed by atoms with van der Waals surface area (Å²) in [4.78, 5) is 21.1. The van der Waals surface area contributed by atoms with Gasteiger partial charge in [0.05, 0.1) is 17.9 Å². The van der Waals surface area contributed by atoms with E-state index in [0.29, 0.717) is 25.6 Å². The maximum atomic E-state index is 12.4. The summed E-state index contributed by atoms with van der Waals surface area (Å²) in [5, 5.41) is 0. The molecule has 1 amide bonds. The van der Waals surface area contributed by atoms with E-state index in [0.717, 1.165) is 43.1 Å². The van der Waals surface area contributed by atoms with Crippen molar-refractivity contribution in [1.82, 2.24) is 19.4 Å². The Kier molecular flexibility index (Phi) is 5.60. The van der Waals surface area contributed by atoms with Gasteiger partial charge in [-0.1, -0.05) is 0 Å². The van der Waals surface area contributed by atoms with Crippen molar-refractivity contribution < 1.29 is 18.0 Å². The van der Waals surface area contributed by atoms with Gasteiger partial charge >= 0.3 is 6.18 Å². The second-order valence-electron chi connectivity index (χ2n) is 7.50. The zero-order chi connectivity index (χ0) is 18.9. The first-order valence-corrected chi connectivity index (χ1v) is 9.33. The van der Waals surface area contributed by atoms with Crippen LogP contribution in [0.1, 0.15) is 55.2 Å². The highest BCUT2D eigenvalue weighted by molar-refractivity contribution is 5.76. The average Bonchev–Trinajstić information content (AvgIpc) is 2.91. The lowest BCUT2D eigenvalue weighted by molar-refractivity contribution is -0.140. The van der Waals surface area contributed by atoms with E-state index in [4.69, 9.17) is 4.98 Å². The number of amides is 1. The highest BCUT2D eigenvalue weighted by Crippen LogP contribution is 2.32. The number of rotatable bonds is 4. The number of piperidine rings is 1. The summed E-state index contributed by atoms with van der Waals surface area (Å²) in [7, 11) is 2.12. The van der Waals surface area contributed by atoms with Crippen LogP contribution >= 0.6 is 0 Å². The van der Waals surface area contributed by atoms with Gasteiger partial charge in [0.1, 0.15) is 5.82 Å². The molecule has 0 atom stereocenters. The highest BCUT2D eigenvalue weighted by atomic mass is 19.4. The van der Waals surface area contributed by atoms with Crippen molar-refractivity contribution in [1.29, 1.82) is 0 Å². The lowest BCUT2D eigenvalue weighted by atomic mass is 9.92. The van der Waals surface area contributed by atoms with Crippen LogP contribution in [0.15, 0.2) is 0 Å². The molecule has 3 heterocycles. The van der Waals surface area contributed by atoms with E-state index in [2.05, 4.69) is 16.5 Å². The molecule has 0 spiro atoms. The predicted octanol–water partition coefficient (Wildman–Crippen LogP) is 3.08. The quantitative estimate of drug-likeness (QED) is 0.816. The minimum atomic E-state index is -4.20. The molecular weight excluding hydrogens is 345 g/mol. The molecule has 5 nitrogen and oxygen atoms in total. The molecule has 146 valence electrons. The number of likely N-dealkylation sites (tertiary alicyclic amines) is 1. The van der Waals surface area contributed by atoms with E-state index in [9.17, 15) is 18.0 Å². The number of carbonyl (C=O) groups excluding carboxylic acids is 1. The first-order valence-electron chi connectivity index (χ1n) is 9.33. The first kappa shape index (κ1) is 19.2. The predicted molar refractivity (Wildman–Crippen MR) is 91.8 cm³/mol. The van der Waals surface area contributed by atoms with Crippen molar-refractivity contribution >= 4 is 5.91 Å². The smallest absolute Gasteiger partial charge is 0.335 e. The number of imidazole rings is 1. The van der Waals surface area contributed by atoms with Crippen molar-refractivity contribution in [3.8, 4) is 0 Å². The third-order valence-electron chi connectivity index (χ3n) is 5.54. The largest absolute Gasteiger partial charge is 0.389 e. The number of aromatic nitrogens is 2. The Morgan fingerprint density at radius 3 is 2.54 bits per heavy atom. The number of alkyl halides is 3. The molecule has 0 aromatic carbocycles. The summed E-state index contributed by atoms with van der Waals surface area (Å²) in [5.41, 5.74) is 2.16. The normalized spacial score (nSPS) is 19.7. The van der Waals surface area contributed by atoms with Crippen LogP contribution in [-0.4, -0.2) is 58.1 Å². The van der Waals surface area contributed by atoms with Crippen LogP contribution in [0.3, 0.4) is 0 Å². The fourth-order valence-corrected chi connectivity index (χ4v) is 4.00. The monoisotopic (exact) mass is 372 g/mol. The van der Waals surface area contributed by atoms with Gasteiger partial charge in [0, 0.05) is 31.8 Å². The number of carbonyl (C=O) groups is 1. The number of halogens is 3. The minimum Gasteiger partial charge on any atom is -0.335 e. The number of fused-ring (bicyclic) bond motifs is 1. The Bertz CT molecular complexity index is 648. The maximum Gasteiger partial charge on any atom is 0.389 e. The highest BCUT2D eigenvalue weighted by Gasteiger charge is 2.31. The number of nitrogens with zero attached hydrogens (tertiary/aromatic N) is 4. The summed E-state index contributed by atoms with van der Waals surface area (Å²) < 4.78 is 39.1. The Morgan fingerprint density at radius 2 is 1.88 bits per heavy atom. The van der Waals surface area contributed by atoms with Gasteiger partial charge in [-0.25, -0.2) is 4.98 Å². The first-order chi connectivity index (χ1) is 12.2. The van der Waals surface area contributed by atoms with Gasteiger partial charge in [0.25, 0.3) is 0 Å². The maximum absolute atomic E-state index is 12.4. The molecule has 26 heavy (non-hydrogen) atoms. The molecule has 2 aliphatic rings. The summed E-state index contributed by atoms with van der Waals surface area (Å²) in [6.07, 6.45) is -3.17. The standard InChI is InChI=1S/C18H27F3N4O/c1-13-22-17(14-5-8-23(2)9-6-14)15-12-24(10-11-25(13)15)16(26)4-3-7-18(19,20)21/h14H,3-12H2,1-2H3. The zero-order valence-corrected chi connectivity index (χ0v) is 15.5. The van der Waals surface area contributed by atoms with Crippen LogP contribution in [0, 0.1) is 6.92 Å². The van der Waals surface area contributed by atoms with E-state index < -0.39 is 12.6 Å². The van der Waals surface area contributed by atoms with Gasteiger partial charge in [-0.05, 0) is 46.3 Å². The number of hydrogen-bond acceptors (Lipinski definition) is 3. The summed E-state index contributed by atoms with van der Waals surface area (Å²) in [6, 6.07) is 0. The van der Waals surface area contributed by atoms with E-state index in [1.165, 1.54) is 0 Å². The van der Waals surface area contributed by atoms with Gasteiger partial charge < -0.3 is 14.4 Å². The molecule has 0 N–H and O–H groups in total. The fraction of sp³-hybridized carbons (Fsp3) is 0.778. The van der Waals surface area contributed by atoms with Crippen molar-refractivity contribution in [2.75, 3.05) is 26.7 Å². The Hall–Kier alpha value is -1.57. The Balaban J connectivity index is 1.66. The molecule has 0 aliphatic carbocycles. The summed E-state index contributed by atoms with van der Waals surface area (Å²) in [5.74, 6) is 1.19. The molecule has 1 saturated heterocycles. The Labute approximate surface area is 152 Å². The molecule has 0 radical (unpaired) electrons. The lowest BCUT2D eigenvalue weighted by Crippen LogP contribution is -2.39. The van der Waals surface area contributed by atoms with Crippen molar-refractivity contribution in [3.63, 3.8) is 0 Å². The number of aryl methyl sites for hydroxylation is 1. The van der Waals surface area contributed by atoms with Gasteiger partial charge in [-0.3, -0.25) is 4.79 Å². The fourth-order valence-electron chi connectivity index (χ4n) is 4.00. The molecule has 0 saturated carbocycles. The zero-order valence-electron chi connectivity index (χ0n) is 15.5. The van der Waals surface area contributed by atoms with Crippen LogP contribution in [0.25, 0.3) is 0 Å².